The van der Waals surface area contributed by atoms with Gasteiger partial charge in [0.15, 0.2) is 0 Å². The molecule has 0 fully saturated rings. The first-order chi connectivity index (χ1) is 19.3. The Morgan fingerprint density at radius 2 is 0.769 bits per heavy atom. The van der Waals surface area contributed by atoms with Crippen molar-refractivity contribution in [1.29, 1.82) is 0 Å². The molecule has 2 heterocycles. The average Bonchev–Trinajstić information content (AvgIpc) is 3.41. The SMILES string of the molecule is c1ccc(-c2ccc(-c3nn4ccc(-c5ccccc5)cc4c3-c3ccc(-c4ccccc4)cc3)cc2)cc1. The summed E-state index contributed by atoms with van der Waals surface area (Å²) in [5.74, 6) is 0. The zero-order valence-electron chi connectivity index (χ0n) is 21.4. The van der Waals surface area contributed by atoms with Crippen molar-refractivity contribution in [3.05, 3.63) is 158 Å². The summed E-state index contributed by atoms with van der Waals surface area (Å²) in [4.78, 5) is 0. The van der Waals surface area contributed by atoms with E-state index in [0.29, 0.717) is 0 Å². The normalized spacial score (nSPS) is 11.1. The molecular weight excluding hydrogens is 472 g/mol. The van der Waals surface area contributed by atoms with E-state index in [0.717, 1.165) is 27.9 Å². The first-order valence-electron chi connectivity index (χ1n) is 13.2. The third kappa shape index (κ3) is 4.43. The minimum atomic E-state index is 0.979. The first kappa shape index (κ1) is 22.9. The Balaban J connectivity index is 1.38. The number of benzene rings is 5. The topological polar surface area (TPSA) is 17.3 Å². The number of pyridine rings is 1. The molecule has 0 amide bonds. The van der Waals surface area contributed by atoms with Gasteiger partial charge in [0.05, 0.1) is 5.52 Å². The predicted molar refractivity (Wildman–Crippen MR) is 162 cm³/mol. The summed E-state index contributed by atoms with van der Waals surface area (Å²) < 4.78 is 2.01. The average molecular weight is 499 g/mol. The number of aromatic nitrogens is 2. The lowest BCUT2D eigenvalue weighted by Crippen LogP contribution is -1.88. The van der Waals surface area contributed by atoms with Crippen LogP contribution in [0.15, 0.2) is 158 Å². The lowest BCUT2D eigenvalue weighted by molar-refractivity contribution is 0.966. The van der Waals surface area contributed by atoms with Crippen molar-refractivity contribution in [2.75, 3.05) is 0 Å². The smallest absolute Gasteiger partial charge is 0.101 e. The summed E-state index contributed by atoms with van der Waals surface area (Å²) in [6, 6.07) is 53.5. The molecule has 0 atom stereocenters. The Labute approximate surface area is 228 Å². The number of hydrogen-bond acceptors (Lipinski definition) is 1. The van der Waals surface area contributed by atoms with E-state index in [4.69, 9.17) is 5.10 Å². The molecule has 7 rings (SSSR count). The Bertz CT molecular complexity index is 1850. The van der Waals surface area contributed by atoms with Gasteiger partial charge >= 0.3 is 0 Å². The van der Waals surface area contributed by atoms with Crippen LogP contribution in [0.25, 0.3) is 61.3 Å². The molecule has 0 unspecified atom stereocenters. The van der Waals surface area contributed by atoms with E-state index < -0.39 is 0 Å². The molecule has 7 aromatic rings. The van der Waals surface area contributed by atoms with Gasteiger partial charge in [0, 0.05) is 17.3 Å². The van der Waals surface area contributed by atoms with Crippen molar-refractivity contribution in [3.63, 3.8) is 0 Å². The Morgan fingerprint density at radius 3 is 1.28 bits per heavy atom. The van der Waals surface area contributed by atoms with E-state index in [-0.39, 0.29) is 0 Å². The fourth-order valence-electron chi connectivity index (χ4n) is 5.25. The van der Waals surface area contributed by atoms with Crippen LogP contribution in [0, 0.1) is 0 Å². The summed E-state index contributed by atoms with van der Waals surface area (Å²) in [5.41, 5.74) is 12.7. The van der Waals surface area contributed by atoms with E-state index in [2.05, 4.69) is 152 Å². The minimum absolute atomic E-state index is 0.979. The summed E-state index contributed by atoms with van der Waals surface area (Å²) in [7, 11) is 0. The quantitative estimate of drug-likeness (QED) is 0.231. The molecule has 184 valence electrons. The fourth-order valence-corrected chi connectivity index (χ4v) is 5.25. The molecule has 0 aliphatic heterocycles. The Hall–Kier alpha value is -5.21. The third-order valence-corrected chi connectivity index (χ3v) is 7.29. The summed E-state index contributed by atoms with van der Waals surface area (Å²) in [6.45, 7) is 0. The molecule has 0 spiro atoms. The number of rotatable bonds is 5. The fraction of sp³-hybridized carbons (Fsp3) is 0. The van der Waals surface area contributed by atoms with Crippen molar-refractivity contribution in [3.8, 4) is 55.8 Å². The van der Waals surface area contributed by atoms with Gasteiger partial charge in [0.2, 0.25) is 0 Å². The van der Waals surface area contributed by atoms with Crippen molar-refractivity contribution in [2.45, 2.75) is 0 Å². The highest BCUT2D eigenvalue weighted by atomic mass is 15.2. The zero-order chi connectivity index (χ0) is 26.0. The molecule has 0 bridgehead atoms. The summed E-state index contributed by atoms with van der Waals surface area (Å²) in [6.07, 6.45) is 2.07. The van der Waals surface area contributed by atoms with Gasteiger partial charge in [-0.15, -0.1) is 0 Å². The van der Waals surface area contributed by atoms with Crippen LogP contribution in [0.2, 0.25) is 0 Å². The number of nitrogens with zero attached hydrogens (tertiary/aromatic N) is 2. The van der Waals surface area contributed by atoms with Gasteiger partial charge < -0.3 is 0 Å². The highest BCUT2D eigenvalue weighted by Crippen LogP contribution is 2.38. The first-order valence-corrected chi connectivity index (χ1v) is 13.2. The second kappa shape index (κ2) is 9.92. The second-order valence-corrected chi connectivity index (χ2v) is 9.72. The summed E-state index contributed by atoms with van der Waals surface area (Å²) >= 11 is 0. The van der Waals surface area contributed by atoms with Crippen molar-refractivity contribution < 1.29 is 0 Å². The van der Waals surface area contributed by atoms with E-state index in [9.17, 15) is 0 Å². The van der Waals surface area contributed by atoms with Crippen LogP contribution in [-0.2, 0) is 0 Å². The monoisotopic (exact) mass is 498 g/mol. The van der Waals surface area contributed by atoms with E-state index >= 15 is 0 Å². The van der Waals surface area contributed by atoms with Gasteiger partial charge in [-0.05, 0) is 51.1 Å². The molecule has 0 radical (unpaired) electrons. The van der Waals surface area contributed by atoms with E-state index in [1.807, 2.05) is 10.6 Å². The molecule has 0 aliphatic carbocycles. The molecule has 39 heavy (non-hydrogen) atoms. The van der Waals surface area contributed by atoms with Crippen molar-refractivity contribution >= 4 is 5.52 Å². The Kier molecular flexibility index (Phi) is 5.84. The molecule has 2 aromatic heterocycles. The lowest BCUT2D eigenvalue weighted by atomic mass is 9.95. The van der Waals surface area contributed by atoms with Gasteiger partial charge in [-0.25, -0.2) is 4.52 Å². The largest absolute Gasteiger partial charge is 0.240 e. The van der Waals surface area contributed by atoms with Crippen LogP contribution in [0.4, 0.5) is 0 Å². The molecule has 0 saturated carbocycles. The van der Waals surface area contributed by atoms with Crippen LogP contribution < -0.4 is 0 Å². The number of fused-ring (bicyclic) bond motifs is 1. The molecular formula is C37H26N2. The van der Waals surface area contributed by atoms with Crippen LogP contribution in [0.5, 0.6) is 0 Å². The summed E-state index contributed by atoms with van der Waals surface area (Å²) in [5, 5.41) is 5.09. The predicted octanol–water partition coefficient (Wildman–Crippen LogP) is 9.67. The molecule has 2 nitrogen and oxygen atoms in total. The van der Waals surface area contributed by atoms with Crippen LogP contribution in [-0.4, -0.2) is 9.61 Å². The zero-order valence-corrected chi connectivity index (χ0v) is 21.4. The highest BCUT2D eigenvalue weighted by molar-refractivity contribution is 5.94. The van der Waals surface area contributed by atoms with Gasteiger partial charge in [0.1, 0.15) is 5.69 Å². The van der Waals surface area contributed by atoms with Gasteiger partial charge in [-0.2, -0.15) is 5.10 Å². The van der Waals surface area contributed by atoms with Crippen LogP contribution >= 0.6 is 0 Å². The molecule has 2 heteroatoms. The highest BCUT2D eigenvalue weighted by Gasteiger charge is 2.18. The number of hydrogen-bond donors (Lipinski definition) is 0. The van der Waals surface area contributed by atoms with Crippen LogP contribution in [0.3, 0.4) is 0 Å². The van der Waals surface area contributed by atoms with Crippen molar-refractivity contribution in [2.24, 2.45) is 0 Å². The standard InChI is InChI=1S/C37H26N2/c1-4-10-27(11-5-1)30-16-20-32(21-17-30)36-35-26-34(29-14-8-3-9-15-29)24-25-39(35)38-37(36)33-22-18-31(19-23-33)28-12-6-2-7-13-28/h1-26H. The van der Waals surface area contributed by atoms with E-state index in [1.165, 1.54) is 33.4 Å². The Morgan fingerprint density at radius 1 is 0.359 bits per heavy atom. The molecule has 0 saturated heterocycles. The van der Waals surface area contributed by atoms with Crippen molar-refractivity contribution in [1.82, 2.24) is 9.61 Å². The molecule has 0 N–H and O–H groups in total. The van der Waals surface area contributed by atoms with Gasteiger partial charge in [0.25, 0.3) is 0 Å². The van der Waals surface area contributed by atoms with Gasteiger partial charge in [-0.1, -0.05) is 140 Å². The maximum Gasteiger partial charge on any atom is 0.101 e. The van der Waals surface area contributed by atoms with Crippen LogP contribution in [0.1, 0.15) is 0 Å². The minimum Gasteiger partial charge on any atom is -0.240 e. The second-order valence-electron chi connectivity index (χ2n) is 9.72. The third-order valence-electron chi connectivity index (χ3n) is 7.29. The molecule has 0 aliphatic rings. The maximum absolute atomic E-state index is 5.09. The maximum atomic E-state index is 5.09. The van der Waals surface area contributed by atoms with E-state index in [1.54, 1.807) is 0 Å². The molecule has 5 aromatic carbocycles. The lowest BCUT2D eigenvalue weighted by Gasteiger charge is -2.08. The van der Waals surface area contributed by atoms with Gasteiger partial charge in [-0.3, -0.25) is 0 Å².